The Labute approximate surface area is 120 Å². The van der Waals surface area contributed by atoms with Gasteiger partial charge >= 0.3 is 0 Å². The van der Waals surface area contributed by atoms with E-state index in [1.807, 2.05) is 6.07 Å². The van der Waals surface area contributed by atoms with Crippen molar-refractivity contribution in [2.75, 3.05) is 13.1 Å². The molecule has 1 saturated heterocycles. The number of hydrogen-bond donors (Lipinski definition) is 2. The molecule has 1 aliphatic carbocycles. The largest absolute Gasteiger partial charge is 0.469 e. The molecular weight excluding hydrogens is 252 g/mol. The summed E-state index contributed by atoms with van der Waals surface area (Å²) in [6.07, 6.45) is 7.83. The molecule has 2 heterocycles. The molecular formula is C16H24N2O2. The van der Waals surface area contributed by atoms with E-state index in [1.165, 1.54) is 5.56 Å². The Morgan fingerprint density at radius 2 is 2.50 bits per heavy atom. The lowest BCUT2D eigenvalue weighted by Crippen LogP contribution is -2.44. The minimum atomic E-state index is -0.198. The van der Waals surface area contributed by atoms with E-state index in [4.69, 9.17) is 4.42 Å². The van der Waals surface area contributed by atoms with Crippen LogP contribution in [0.15, 0.2) is 16.7 Å². The first-order chi connectivity index (χ1) is 9.75. The molecule has 0 radical (unpaired) electrons. The van der Waals surface area contributed by atoms with Crippen molar-refractivity contribution >= 4 is 5.91 Å². The first-order valence-corrected chi connectivity index (χ1v) is 7.83. The van der Waals surface area contributed by atoms with Crippen molar-refractivity contribution in [2.24, 2.45) is 5.41 Å². The van der Waals surface area contributed by atoms with Crippen molar-refractivity contribution in [1.29, 1.82) is 0 Å². The normalized spacial score (nSPS) is 29.1. The molecule has 1 aliphatic heterocycles. The number of furan rings is 1. The zero-order valence-electron chi connectivity index (χ0n) is 12.2. The Morgan fingerprint density at radius 3 is 3.25 bits per heavy atom. The van der Waals surface area contributed by atoms with Crippen molar-refractivity contribution in [3.8, 4) is 0 Å². The number of hydrogen-bond acceptors (Lipinski definition) is 3. The first kappa shape index (κ1) is 13.7. The van der Waals surface area contributed by atoms with E-state index >= 15 is 0 Å². The van der Waals surface area contributed by atoms with Crippen LogP contribution in [-0.4, -0.2) is 19.0 Å². The number of aryl methyl sites for hydroxylation is 1. The number of rotatable bonds is 4. The fourth-order valence-electron chi connectivity index (χ4n) is 3.69. The summed E-state index contributed by atoms with van der Waals surface area (Å²) in [6, 6.07) is 2.15. The lowest BCUT2D eigenvalue weighted by molar-refractivity contribution is -0.131. The second-order valence-electron chi connectivity index (χ2n) is 6.17. The van der Waals surface area contributed by atoms with Gasteiger partial charge in [0.1, 0.15) is 5.76 Å². The third kappa shape index (κ3) is 2.37. The summed E-state index contributed by atoms with van der Waals surface area (Å²) in [5.74, 6) is 1.28. The molecule has 4 heteroatoms. The van der Waals surface area contributed by atoms with E-state index in [0.717, 1.165) is 57.4 Å². The molecule has 2 unspecified atom stereocenters. The van der Waals surface area contributed by atoms with E-state index in [2.05, 4.69) is 17.6 Å². The quantitative estimate of drug-likeness (QED) is 0.888. The highest BCUT2D eigenvalue weighted by Crippen LogP contribution is 2.35. The van der Waals surface area contributed by atoms with E-state index in [9.17, 15) is 4.79 Å². The van der Waals surface area contributed by atoms with Crippen LogP contribution in [-0.2, 0) is 11.2 Å². The predicted octanol–water partition coefficient (Wildman–Crippen LogP) is 2.55. The van der Waals surface area contributed by atoms with Crippen LogP contribution < -0.4 is 10.6 Å². The molecule has 2 N–H and O–H groups in total. The second-order valence-corrected chi connectivity index (χ2v) is 6.17. The highest BCUT2D eigenvalue weighted by molar-refractivity contribution is 5.83. The Morgan fingerprint density at radius 1 is 1.60 bits per heavy atom. The summed E-state index contributed by atoms with van der Waals surface area (Å²) in [5, 5.41) is 6.64. The maximum absolute atomic E-state index is 12.8. The SMILES string of the molecule is CCCC1(C(=O)NC2CCCc3occc32)CCNC1. The van der Waals surface area contributed by atoms with Crippen LogP contribution in [0.3, 0.4) is 0 Å². The van der Waals surface area contributed by atoms with Gasteiger partial charge in [-0.1, -0.05) is 13.3 Å². The molecule has 1 fully saturated rings. The monoisotopic (exact) mass is 276 g/mol. The number of amides is 1. The summed E-state index contributed by atoms with van der Waals surface area (Å²) in [5.41, 5.74) is 0.984. The van der Waals surface area contributed by atoms with E-state index < -0.39 is 0 Å². The Bertz CT molecular complexity index is 475. The topological polar surface area (TPSA) is 54.3 Å². The van der Waals surface area contributed by atoms with Gasteiger partial charge in [0.25, 0.3) is 0 Å². The van der Waals surface area contributed by atoms with Crippen molar-refractivity contribution < 1.29 is 9.21 Å². The molecule has 2 aliphatic rings. The average molecular weight is 276 g/mol. The zero-order chi connectivity index (χ0) is 14.0. The summed E-state index contributed by atoms with van der Waals surface area (Å²) in [6.45, 7) is 3.93. The maximum atomic E-state index is 12.8. The smallest absolute Gasteiger partial charge is 0.228 e. The third-order valence-corrected chi connectivity index (χ3v) is 4.81. The van der Waals surface area contributed by atoms with Crippen molar-refractivity contribution in [1.82, 2.24) is 10.6 Å². The van der Waals surface area contributed by atoms with Crippen LogP contribution in [0.25, 0.3) is 0 Å². The third-order valence-electron chi connectivity index (χ3n) is 4.81. The van der Waals surface area contributed by atoms with Gasteiger partial charge in [0.05, 0.1) is 17.7 Å². The number of carbonyl (C=O) groups is 1. The first-order valence-electron chi connectivity index (χ1n) is 7.83. The molecule has 3 rings (SSSR count). The van der Waals surface area contributed by atoms with Gasteiger partial charge in [0.15, 0.2) is 0 Å². The molecule has 20 heavy (non-hydrogen) atoms. The van der Waals surface area contributed by atoms with Crippen LogP contribution in [0.1, 0.15) is 56.4 Å². The van der Waals surface area contributed by atoms with Gasteiger partial charge in [-0.15, -0.1) is 0 Å². The van der Waals surface area contributed by atoms with Crippen LogP contribution in [0.4, 0.5) is 0 Å². The number of fused-ring (bicyclic) bond motifs is 1. The molecule has 2 atom stereocenters. The summed E-state index contributed by atoms with van der Waals surface area (Å²) in [4.78, 5) is 12.8. The van der Waals surface area contributed by atoms with Crippen LogP contribution in [0.5, 0.6) is 0 Å². The predicted molar refractivity (Wildman–Crippen MR) is 77.4 cm³/mol. The van der Waals surface area contributed by atoms with Gasteiger partial charge in [-0.25, -0.2) is 0 Å². The summed E-state index contributed by atoms with van der Waals surface area (Å²) in [7, 11) is 0. The van der Waals surface area contributed by atoms with E-state index in [-0.39, 0.29) is 17.4 Å². The van der Waals surface area contributed by atoms with Gasteiger partial charge in [-0.2, -0.15) is 0 Å². The number of carbonyl (C=O) groups excluding carboxylic acids is 1. The fraction of sp³-hybridized carbons (Fsp3) is 0.688. The highest BCUT2D eigenvalue weighted by Gasteiger charge is 2.41. The molecule has 0 aromatic carbocycles. The Balaban J connectivity index is 1.73. The Hall–Kier alpha value is -1.29. The number of nitrogens with one attached hydrogen (secondary N) is 2. The summed E-state index contributed by atoms with van der Waals surface area (Å²) >= 11 is 0. The molecule has 0 spiro atoms. The van der Waals surface area contributed by atoms with Gasteiger partial charge in [-0.3, -0.25) is 4.79 Å². The molecule has 110 valence electrons. The average Bonchev–Trinajstić information content (AvgIpc) is 3.08. The van der Waals surface area contributed by atoms with Gasteiger partial charge in [-0.05, 0) is 38.3 Å². The second kappa shape index (κ2) is 5.60. The fourth-order valence-corrected chi connectivity index (χ4v) is 3.69. The van der Waals surface area contributed by atoms with Crippen LogP contribution >= 0.6 is 0 Å². The Kier molecular flexibility index (Phi) is 3.83. The van der Waals surface area contributed by atoms with Crippen molar-refractivity contribution in [2.45, 2.75) is 51.5 Å². The van der Waals surface area contributed by atoms with E-state index in [0.29, 0.717) is 0 Å². The minimum absolute atomic E-state index is 0.138. The highest BCUT2D eigenvalue weighted by atomic mass is 16.3. The molecule has 4 nitrogen and oxygen atoms in total. The lowest BCUT2D eigenvalue weighted by Gasteiger charge is -2.31. The molecule has 1 amide bonds. The van der Waals surface area contributed by atoms with Gasteiger partial charge in [0.2, 0.25) is 5.91 Å². The molecule has 1 aromatic heterocycles. The summed E-state index contributed by atoms with van der Waals surface area (Å²) < 4.78 is 5.50. The van der Waals surface area contributed by atoms with Crippen LogP contribution in [0, 0.1) is 5.41 Å². The standard InChI is InChI=1S/C16H24N2O2/c1-2-7-16(8-9-17-11-16)15(19)18-13-4-3-5-14-12(13)6-10-20-14/h6,10,13,17H,2-5,7-9,11H2,1H3,(H,18,19). The molecule has 0 bridgehead atoms. The lowest BCUT2D eigenvalue weighted by atomic mass is 9.80. The molecule has 0 saturated carbocycles. The zero-order valence-corrected chi connectivity index (χ0v) is 12.2. The van der Waals surface area contributed by atoms with Crippen molar-refractivity contribution in [3.05, 3.63) is 23.7 Å². The van der Waals surface area contributed by atoms with Gasteiger partial charge < -0.3 is 15.1 Å². The maximum Gasteiger partial charge on any atom is 0.228 e. The van der Waals surface area contributed by atoms with Crippen LogP contribution in [0.2, 0.25) is 0 Å². The van der Waals surface area contributed by atoms with E-state index in [1.54, 1.807) is 6.26 Å². The van der Waals surface area contributed by atoms with Crippen molar-refractivity contribution in [3.63, 3.8) is 0 Å². The minimum Gasteiger partial charge on any atom is -0.469 e. The molecule has 1 aromatic rings. The van der Waals surface area contributed by atoms with Gasteiger partial charge in [0, 0.05) is 18.5 Å².